The summed E-state index contributed by atoms with van der Waals surface area (Å²) in [5.41, 5.74) is 5.31. The zero-order valence-electron chi connectivity index (χ0n) is 16.2. The van der Waals surface area contributed by atoms with Gasteiger partial charge >= 0.3 is 0 Å². The highest BCUT2D eigenvalue weighted by Gasteiger charge is 2.19. The van der Waals surface area contributed by atoms with Crippen molar-refractivity contribution in [1.82, 2.24) is 29.9 Å². The molecule has 138 valence electrons. The summed E-state index contributed by atoms with van der Waals surface area (Å²) >= 11 is 0. The van der Waals surface area contributed by atoms with Crippen molar-refractivity contribution in [2.45, 2.75) is 47.1 Å². The zero-order valence-corrected chi connectivity index (χ0v) is 16.2. The highest BCUT2D eigenvalue weighted by molar-refractivity contribution is 5.85. The smallest absolute Gasteiger partial charge is 0.184 e. The molecule has 3 aromatic heterocycles. The molecule has 0 radical (unpaired) electrons. The molecular weight excluding hydrogens is 330 g/mol. The summed E-state index contributed by atoms with van der Waals surface area (Å²) < 4.78 is 7.14. The molecule has 3 rings (SSSR count). The van der Waals surface area contributed by atoms with Crippen molar-refractivity contribution in [1.29, 1.82) is 0 Å². The van der Waals surface area contributed by atoms with E-state index in [0.29, 0.717) is 29.4 Å². The first kappa shape index (κ1) is 18.2. The predicted octanol–water partition coefficient (Wildman–Crippen LogP) is 3.19. The Morgan fingerprint density at radius 2 is 1.92 bits per heavy atom. The summed E-state index contributed by atoms with van der Waals surface area (Å²) in [6.07, 6.45) is 0.873. The third-order valence-corrected chi connectivity index (χ3v) is 4.38. The Labute approximate surface area is 153 Å². The molecule has 0 amide bonds. The Kier molecular flexibility index (Phi) is 5.13. The molecule has 3 aromatic rings. The van der Waals surface area contributed by atoms with Crippen molar-refractivity contribution in [3.8, 4) is 0 Å². The lowest BCUT2D eigenvalue weighted by atomic mass is 10.1. The van der Waals surface area contributed by atoms with Crippen LogP contribution in [0, 0.1) is 27.7 Å². The minimum Gasteiger partial charge on any atom is -0.382 e. The number of pyridine rings is 1. The summed E-state index contributed by atoms with van der Waals surface area (Å²) in [6, 6.07) is 2.13. The molecule has 8 heteroatoms. The average molecular weight is 355 g/mol. The van der Waals surface area contributed by atoms with E-state index in [1.165, 1.54) is 0 Å². The highest BCUT2D eigenvalue weighted by atomic mass is 16.5. The molecule has 8 nitrogen and oxygen atoms in total. The van der Waals surface area contributed by atoms with Crippen LogP contribution in [0.4, 0.5) is 11.5 Å². The van der Waals surface area contributed by atoms with Gasteiger partial charge in [-0.15, -0.1) is 5.10 Å². The second-order valence-electron chi connectivity index (χ2n) is 6.51. The van der Waals surface area contributed by atoms with Crippen LogP contribution in [-0.2, 0) is 4.74 Å². The lowest BCUT2D eigenvalue weighted by Crippen LogP contribution is -2.16. The fraction of sp³-hybridized carbons (Fsp3) is 0.500. The van der Waals surface area contributed by atoms with Crippen LogP contribution in [-0.4, -0.2) is 43.7 Å². The van der Waals surface area contributed by atoms with Crippen LogP contribution in [0.5, 0.6) is 0 Å². The van der Waals surface area contributed by atoms with Crippen molar-refractivity contribution in [3.05, 3.63) is 28.8 Å². The first-order valence-corrected chi connectivity index (χ1v) is 8.74. The number of nitrogens with zero attached hydrogens (tertiary/aromatic N) is 6. The van der Waals surface area contributed by atoms with Gasteiger partial charge in [0, 0.05) is 12.8 Å². The first-order valence-electron chi connectivity index (χ1n) is 8.74. The zero-order chi connectivity index (χ0) is 18.8. The fourth-order valence-corrected chi connectivity index (χ4v) is 3.16. The topological polar surface area (TPSA) is 90.6 Å². The maximum atomic E-state index is 5.31. The Morgan fingerprint density at radius 3 is 2.58 bits per heavy atom. The normalized spacial score (nSPS) is 12.5. The second-order valence-corrected chi connectivity index (χ2v) is 6.51. The molecular formula is C18H25N7O. The number of anilines is 2. The van der Waals surface area contributed by atoms with Gasteiger partial charge in [0.15, 0.2) is 17.0 Å². The minimum absolute atomic E-state index is 0.0802. The summed E-state index contributed by atoms with van der Waals surface area (Å²) in [6.45, 7) is 10.5. The van der Waals surface area contributed by atoms with Crippen molar-refractivity contribution in [2.75, 3.05) is 19.0 Å². The molecule has 26 heavy (non-hydrogen) atoms. The molecule has 1 N–H and O–H groups in total. The Morgan fingerprint density at radius 1 is 1.15 bits per heavy atom. The molecule has 3 heterocycles. The molecule has 0 saturated heterocycles. The number of aromatic nitrogens is 6. The van der Waals surface area contributed by atoms with Gasteiger partial charge in [-0.1, -0.05) is 12.1 Å². The minimum atomic E-state index is 0.0802. The third-order valence-electron chi connectivity index (χ3n) is 4.38. The van der Waals surface area contributed by atoms with Crippen molar-refractivity contribution < 1.29 is 4.74 Å². The van der Waals surface area contributed by atoms with Gasteiger partial charge in [-0.3, -0.25) is 4.98 Å². The third kappa shape index (κ3) is 3.37. The van der Waals surface area contributed by atoms with Crippen LogP contribution in [0.2, 0.25) is 0 Å². The average Bonchev–Trinajstić information content (AvgIpc) is 2.99. The predicted molar refractivity (Wildman–Crippen MR) is 101 cm³/mol. The molecule has 0 fully saturated rings. The number of hydrogen-bond acceptors (Lipinski definition) is 7. The molecule has 0 spiro atoms. The summed E-state index contributed by atoms with van der Waals surface area (Å²) in [5, 5.41) is 12.0. The monoisotopic (exact) mass is 355 g/mol. The Hall–Kier alpha value is -2.61. The van der Waals surface area contributed by atoms with Gasteiger partial charge in [0.05, 0.1) is 24.0 Å². The summed E-state index contributed by atoms with van der Waals surface area (Å²) in [5.74, 6) is 1.30. The molecule has 0 saturated carbocycles. The highest BCUT2D eigenvalue weighted by Crippen LogP contribution is 2.27. The van der Waals surface area contributed by atoms with Gasteiger partial charge < -0.3 is 10.1 Å². The van der Waals surface area contributed by atoms with E-state index in [0.717, 1.165) is 29.1 Å². The van der Waals surface area contributed by atoms with Gasteiger partial charge in [-0.2, -0.15) is 0 Å². The molecule has 0 aromatic carbocycles. The van der Waals surface area contributed by atoms with Crippen molar-refractivity contribution in [2.24, 2.45) is 0 Å². The molecule has 0 aliphatic carbocycles. The van der Waals surface area contributed by atoms with Gasteiger partial charge in [0.25, 0.3) is 0 Å². The van der Waals surface area contributed by atoms with E-state index in [-0.39, 0.29) is 6.04 Å². The molecule has 0 aliphatic rings. The maximum absolute atomic E-state index is 5.31. The number of aryl methyl sites for hydroxylation is 4. The van der Waals surface area contributed by atoms with E-state index in [4.69, 9.17) is 4.74 Å². The summed E-state index contributed by atoms with van der Waals surface area (Å²) in [4.78, 5) is 13.7. The maximum Gasteiger partial charge on any atom is 0.184 e. The first-order chi connectivity index (χ1) is 12.4. The molecule has 0 bridgehead atoms. The van der Waals surface area contributed by atoms with E-state index in [1.54, 1.807) is 7.11 Å². The van der Waals surface area contributed by atoms with Crippen LogP contribution in [0.1, 0.15) is 42.2 Å². The number of hydrogen-bond donors (Lipinski definition) is 1. The SMILES string of the molecule is CCC(COC)n1nnc2c(Nc3c(C)cc(C)nc3C)nc(C)nc21. The fourth-order valence-electron chi connectivity index (χ4n) is 3.16. The Balaban J connectivity index is 2.09. The largest absolute Gasteiger partial charge is 0.382 e. The lowest BCUT2D eigenvalue weighted by molar-refractivity contribution is 0.148. The lowest BCUT2D eigenvalue weighted by Gasteiger charge is -2.15. The number of ether oxygens (including phenoxy) is 1. The van der Waals surface area contributed by atoms with Gasteiger partial charge in [0.2, 0.25) is 0 Å². The van der Waals surface area contributed by atoms with Crippen LogP contribution >= 0.6 is 0 Å². The van der Waals surface area contributed by atoms with E-state index < -0.39 is 0 Å². The van der Waals surface area contributed by atoms with Gasteiger partial charge in [-0.05, 0) is 45.7 Å². The standard InChI is InChI=1S/C18H25N7O/c1-7-14(9-26-6)25-18-16(23-24-25)17(20-13(5)21-18)22-15-10(2)8-11(3)19-12(15)4/h8,14H,7,9H2,1-6H3,(H,20,21,22). The molecule has 1 unspecified atom stereocenters. The summed E-state index contributed by atoms with van der Waals surface area (Å²) in [7, 11) is 1.69. The van der Waals surface area contributed by atoms with Gasteiger partial charge in [-0.25, -0.2) is 14.6 Å². The number of nitrogens with one attached hydrogen (secondary N) is 1. The van der Waals surface area contributed by atoms with E-state index in [2.05, 4.69) is 44.4 Å². The van der Waals surface area contributed by atoms with Crippen LogP contribution < -0.4 is 5.32 Å². The number of fused-ring (bicyclic) bond motifs is 1. The van der Waals surface area contributed by atoms with Gasteiger partial charge in [0.1, 0.15) is 5.82 Å². The van der Waals surface area contributed by atoms with Crippen molar-refractivity contribution >= 4 is 22.7 Å². The molecule has 0 aliphatic heterocycles. The Bertz CT molecular complexity index is 912. The van der Waals surface area contributed by atoms with Crippen molar-refractivity contribution in [3.63, 3.8) is 0 Å². The molecule has 1 atom stereocenters. The van der Waals surface area contributed by atoms with Crippen LogP contribution in [0.3, 0.4) is 0 Å². The van der Waals surface area contributed by atoms with Crippen LogP contribution in [0.25, 0.3) is 11.2 Å². The van der Waals surface area contributed by atoms with E-state index in [1.807, 2.05) is 31.5 Å². The van der Waals surface area contributed by atoms with E-state index in [9.17, 15) is 0 Å². The number of methoxy groups -OCH3 is 1. The number of rotatable bonds is 6. The second kappa shape index (κ2) is 7.33. The van der Waals surface area contributed by atoms with Crippen LogP contribution in [0.15, 0.2) is 6.07 Å². The van der Waals surface area contributed by atoms with E-state index >= 15 is 0 Å². The quantitative estimate of drug-likeness (QED) is 0.726.